The summed E-state index contributed by atoms with van der Waals surface area (Å²) in [6.45, 7) is 0. The van der Waals surface area contributed by atoms with E-state index >= 15 is 0 Å². The van der Waals surface area contributed by atoms with Crippen molar-refractivity contribution in [3.63, 3.8) is 0 Å². The monoisotopic (exact) mass is 231 g/mol. The predicted octanol–water partition coefficient (Wildman–Crippen LogP) is 2.09. The molecule has 3 rings (SSSR count). The highest BCUT2D eigenvalue weighted by Crippen LogP contribution is 2.33. The molecule has 0 aliphatic heterocycles. The molecule has 0 radical (unpaired) electrons. The van der Waals surface area contributed by atoms with Gasteiger partial charge in [0.1, 0.15) is 0 Å². The fourth-order valence-electron chi connectivity index (χ4n) is 2.82. The van der Waals surface area contributed by atoms with E-state index < -0.39 is 0 Å². The zero-order valence-electron chi connectivity index (χ0n) is 9.71. The summed E-state index contributed by atoms with van der Waals surface area (Å²) >= 11 is 0. The van der Waals surface area contributed by atoms with Gasteiger partial charge < -0.3 is 15.4 Å². The molecule has 0 unspecified atom stereocenters. The summed E-state index contributed by atoms with van der Waals surface area (Å²) in [6.07, 6.45) is 3.61. The molecule has 1 heterocycles. The summed E-state index contributed by atoms with van der Waals surface area (Å²) in [6, 6.07) is 8.26. The van der Waals surface area contributed by atoms with Crippen LogP contribution < -0.4 is 5.73 Å². The van der Waals surface area contributed by atoms with Crippen molar-refractivity contribution >= 4 is 17.0 Å². The van der Waals surface area contributed by atoms with Crippen LogP contribution in [0.3, 0.4) is 0 Å². The number of aromatic nitrogens is 2. The zero-order chi connectivity index (χ0) is 11.8. The van der Waals surface area contributed by atoms with Gasteiger partial charge in [0.25, 0.3) is 0 Å². The van der Waals surface area contributed by atoms with E-state index in [0.29, 0.717) is 5.95 Å². The quantitative estimate of drug-likeness (QED) is 0.790. The van der Waals surface area contributed by atoms with Crippen molar-refractivity contribution < 1.29 is 5.11 Å². The fourth-order valence-corrected chi connectivity index (χ4v) is 2.82. The van der Waals surface area contributed by atoms with Gasteiger partial charge in [-0.2, -0.15) is 0 Å². The number of fused-ring (bicyclic) bond motifs is 1. The molecule has 3 N–H and O–H groups in total. The maximum absolute atomic E-state index is 9.77. The number of nitrogen functional groups attached to an aromatic ring is 1. The number of aliphatic hydroxyl groups is 1. The first-order valence-electron chi connectivity index (χ1n) is 6.16. The molecule has 4 nitrogen and oxygen atoms in total. The van der Waals surface area contributed by atoms with Gasteiger partial charge in [-0.3, -0.25) is 0 Å². The summed E-state index contributed by atoms with van der Waals surface area (Å²) in [5.74, 6) is 0.560. The summed E-state index contributed by atoms with van der Waals surface area (Å²) in [5.41, 5.74) is 8.01. The highest BCUT2D eigenvalue weighted by molar-refractivity contribution is 5.78. The van der Waals surface area contributed by atoms with Crippen LogP contribution in [0.4, 0.5) is 5.95 Å². The van der Waals surface area contributed by atoms with E-state index in [4.69, 9.17) is 5.73 Å². The number of para-hydroxylation sites is 2. The number of imidazole rings is 1. The number of benzene rings is 1. The van der Waals surface area contributed by atoms with E-state index in [-0.39, 0.29) is 12.1 Å². The lowest BCUT2D eigenvalue weighted by molar-refractivity contribution is 0.105. The van der Waals surface area contributed by atoms with Gasteiger partial charge in [-0.25, -0.2) is 4.98 Å². The Hall–Kier alpha value is -1.55. The van der Waals surface area contributed by atoms with Crippen molar-refractivity contribution in [3.8, 4) is 0 Å². The Morgan fingerprint density at radius 3 is 2.94 bits per heavy atom. The second-order valence-corrected chi connectivity index (χ2v) is 4.80. The maximum Gasteiger partial charge on any atom is 0.201 e. The Morgan fingerprint density at radius 1 is 1.29 bits per heavy atom. The summed E-state index contributed by atoms with van der Waals surface area (Å²) in [5, 5.41) is 9.77. The molecule has 2 aromatic rings. The SMILES string of the molecule is Nc1nc2ccccc2n1[C@@H]1CCC[C@@H](O)C1. The fraction of sp³-hybridized carbons (Fsp3) is 0.462. The van der Waals surface area contributed by atoms with Gasteiger partial charge >= 0.3 is 0 Å². The first kappa shape index (κ1) is 10.6. The van der Waals surface area contributed by atoms with E-state index in [2.05, 4.69) is 9.55 Å². The molecule has 1 aliphatic carbocycles. The molecule has 1 aromatic heterocycles. The topological polar surface area (TPSA) is 64.1 Å². The van der Waals surface area contributed by atoms with Crippen molar-refractivity contribution in [3.05, 3.63) is 24.3 Å². The largest absolute Gasteiger partial charge is 0.393 e. The van der Waals surface area contributed by atoms with Gasteiger partial charge in [0, 0.05) is 6.04 Å². The molecule has 90 valence electrons. The second kappa shape index (κ2) is 4.04. The van der Waals surface area contributed by atoms with Crippen molar-refractivity contribution in [2.75, 3.05) is 5.73 Å². The number of hydrogen-bond acceptors (Lipinski definition) is 3. The molecule has 17 heavy (non-hydrogen) atoms. The van der Waals surface area contributed by atoms with Crippen LogP contribution in [0.15, 0.2) is 24.3 Å². The van der Waals surface area contributed by atoms with Crippen LogP contribution in [0.25, 0.3) is 11.0 Å². The molecule has 0 amide bonds. The minimum Gasteiger partial charge on any atom is -0.393 e. The van der Waals surface area contributed by atoms with Gasteiger partial charge in [-0.15, -0.1) is 0 Å². The number of nitrogens with zero attached hydrogens (tertiary/aromatic N) is 2. The molecule has 1 aromatic carbocycles. The van der Waals surface area contributed by atoms with E-state index in [9.17, 15) is 5.11 Å². The Balaban J connectivity index is 2.06. The van der Waals surface area contributed by atoms with E-state index in [1.807, 2.05) is 24.3 Å². The predicted molar refractivity (Wildman–Crippen MR) is 67.7 cm³/mol. The van der Waals surface area contributed by atoms with Gasteiger partial charge in [0.15, 0.2) is 0 Å². The summed E-state index contributed by atoms with van der Waals surface area (Å²) in [4.78, 5) is 4.37. The minimum atomic E-state index is -0.200. The van der Waals surface area contributed by atoms with Crippen LogP contribution in [-0.4, -0.2) is 20.8 Å². The molecular formula is C13H17N3O. The highest BCUT2D eigenvalue weighted by Gasteiger charge is 2.24. The average Bonchev–Trinajstić information content (AvgIpc) is 2.64. The molecule has 0 saturated heterocycles. The molecule has 0 spiro atoms. The molecule has 1 saturated carbocycles. The Morgan fingerprint density at radius 2 is 2.12 bits per heavy atom. The molecule has 0 bridgehead atoms. The Kier molecular flexibility index (Phi) is 2.52. The maximum atomic E-state index is 9.77. The molecule has 1 aliphatic rings. The number of anilines is 1. The number of hydrogen-bond donors (Lipinski definition) is 2. The average molecular weight is 231 g/mol. The Bertz CT molecular complexity index is 534. The lowest BCUT2D eigenvalue weighted by Crippen LogP contribution is -2.23. The van der Waals surface area contributed by atoms with E-state index in [1.54, 1.807) is 0 Å². The lowest BCUT2D eigenvalue weighted by atomic mass is 9.93. The van der Waals surface area contributed by atoms with Gasteiger partial charge in [0.05, 0.1) is 17.1 Å². The van der Waals surface area contributed by atoms with Crippen LogP contribution in [0, 0.1) is 0 Å². The summed E-state index contributed by atoms with van der Waals surface area (Å²) < 4.78 is 2.08. The van der Waals surface area contributed by atoms with Crippen LogP contribution >= 0.6 is 0 Å². The van der Waals surface area contributed by atoms with Crippen LogP contribution in [-0.2, 0) is 0 Å². The third-order valence-corrected chi connectivity index (χ3v) is 3.61. The highest BCUT2D eigenvalue weighted by atomic mass is 16.3. The molecular weight excluding hydrogens is 214 g/mol. The van der Waals surface area contributed by atoms with E-state index in [0.717, 1.165) is 36.7 Å². The van der Waals surface area contributed by atoms with E-state index in [1.165, 1.54) is 0 Å². The van der Waals surface area contributed by atoms with Crippen molar-refractivity contribution in [2.45, 2.75) is 37.8 Å². The van der Waals surface area contributed by atoms with Gasteiger partial charge in [-0.05, 0) is 37.8 Å². The first-order valence-corrected chi connectivity index (χ1v) is 6.16. The van der Waals surface area contributed by atoms with Crippen molar-refractivity contribution in [1.29, 1.82) is 0 Å². The van der Waals surface area contributed by atoms with Crippen molar-refractivity contribution in [1.82, 2.24) is 9.55 Å². The van der Waals surface area contributed by atoms with Crippen LogP contribution in [0.5, 0.6) is 0 Å². The lowest BCUT2D eigenvalue weighted by Gasteiger charge is -2.28. The number of nitrogens with two attached hydrogens (primary N) is 1. The van der Waals surface area contributed by atoms with Gasteiger partial charge in [-0.1, -0.05) is 12.1 Å². The number of rotatable bonds is 1. The van der Waals surface area contributed by atoms with Crippen molar-refractivity contribution in [2.24, 2.45) is 0 Å². The summed E-state index contributed by atoms with van der Waals surface area (Å²) in [7, 11) is 0. The van der Waals surface area contributed by atoms with Crippen LogP contribution in [0.2, 0.25) is 0 Å². The third kappa shape index (κ3) is 1.78. The normalized spacial score (nSPS) is 25.2. The first-order chi connectivity index (χ1) is 8.25. The van der Waals surface area contributed by atoms with Crippen LogP contribution in [0.1, 0.15) is 31.7 Å². The number of aliphatic hydroxyl groups excluding tert-OH is 1. The molecule has 4 heteroatoms. The third-order valence-electron chi connectivity index (χ3n) is 3.61. The zero-order valence-corrected chi connectivity index (χ0v) is 9.71. The minimum absolute atomic E-state index is 0.200. The second-order valence-electron chi connectivity index (χ2n) is 4.80. The Labute approximate surface area is 100 Å². The standard InChI is InChI=1S/C13H17N3O/c14-13-15-11-6-1-2-7-12(11)16(13)9-4-3-5-10(17)8-9/h1-2,6-7,9-10,17H,3-5,8H2,(H2,14,15)/t9-,10-/m1/s1. The molecule has 1 fully saturated rings. The van der Waals surface area contributed by atoms with Gasteiger partial charge in [0.2, 0.25) is 5.95 Å². The molecule has 2 atom stereocenters. The smallest absolute Gasteiger partial charge is 0.201 e.